The summed E-state index contributed by atoms with van der Waals surface area (Å²) >= 11 is 1.79. The molecule has 0 radical (unpaired) electrons. The number of nitrogens with zero attached hydrogens (tertiary/aromatic N) is 2. The Labute approximate surface area is 334 Å². The normalized spacial score (nSPS) is 11.5. The number of oxazole rings is 1. The molecular formula is C53H34N2OS. The van der Waals surface area contributed by atoms with Gasteiger partial charge in [-0.15, -0.1) is 11.3 Å². The molecule has 0 amide bonds. The maximum Gasteiger partial charge on any atom is 0.227 e. The number of thiophene rings is 1. The zero-order chi connectivity index (χ0) is 37.7. The topological polar surface area (TPSA) is 29.3 Å². The third-order valence-corrected chi connectivity index (χ3v) is 12.0. The third-order valence-electron chi connectivity index (χ3n) is 10.9. The van der Waals surface area contributed by atoms with Crippen molar-refractivity contribution in [1.29, 1.82) is 0 Å². The van der Waals surface area contributed by atoms with Gasteiger partial charge in [-0.3, -0.25) is 0 Å². The summed E-state index contributed by atoms with van der Waals surface area (Å²) in [6.07, 6.45) is 0. The molecule has 11 rings (SSSR count). The molecule has 4 heteroatoms. The van der Waals surface area contributed by atoms with Gasteiger partial charge in [0.05, 0.1) is 5.69 Å². The number of rotatable bonds is 7. The largest absolute Gasteiger partial charge is 0.436 e. The summed E-state index contributed by atoms with van der Waals surface area (Å²) in [6, 6.07) is 73.5. The van der Waals surface area contributed by atoms with E-state index in [9.17, 15) is 0 Å². The van der Waals surface area contributed by atoms with Crippen LogP contribution < -0.4 is 4.90 Å². The summed E-state index contributed by atoms with van der Waals surface area (Å²) in [4.78, 5) is 7.72. The van der Waals surface area contributed by atoms with Gasteiger partial charge in [0, 0.05) is 43.2 Å². The summed E-state index contributed by atoms with van der Waals surface area (Å²) in [6.45, 7) is 0. The molecule has 0 bridgehead atoms. The van der Waals surface area contributed by atoms with Crippen LogP contribution in [0.3, 0.4) is 0 Å². The zero-order valence-corrected chi connectivity index (χ0v) is 31.7. The summed E-state index contributed by atoms with van der Waals surface area (Å²) in [5.74, 6) is 0.602. The molecule has 11 aromatic rings. The van der Waals surface area contributed by atoms with Gasteiger partial charge in [0.25, 0.3) is 0 Å². The Balaban J connectivity index is 1.21. The van der Waals surface area contributed by atoms with Crippen molar-refractivity contribution < 1.29 is 4.42 Å². The second-order valence-corrected chi connectivity index (χ2v) is 15.4. The molecule has 0 atom stereocenters. The van der Waals surface area contributed by atoms with Crippen LogP contribution in [0, 0.1) is 0 Å². The van der Waals surface area contributed by atoms with Gasteiger partial charge in [0.1, 0.15) is 5.52 Å². The van der Waals surface area contributed by atoms with Gasteiger partial charge in [-0.1, -0.05) is 152 Å². The van der Waals surface area contributed by atoms with Gasteiger partial charge >= 0.3 is 0 Å². The van der Waals surface area contributed by atoms with Crippen molar-refractivity contribution in [3.63, 3.8) is 0 Å². The van der Waals surface area contributed by atoms with Gasteiger partial charge in [0.2, 0.25) is 5.89 Å². The standard InChI is InChI=1S/C53H34N2OS/c1-4-14-35(15-5-1)37-26-28-42(29-27-37)55(43-30-31-44(46(33-43)38-17-6-2-7-18-38)41-25-24-36-16-10-11-21-40(36)32-41)52-50-45-22-12-13-23-48(45)57-49(50)34-47-51(52)54-53(56-47)39-19-8-3-9-20-39/h1-34H. The van der Waals surface area contributed by atoms with Crippen molar-refractivity contribution in [1.82, 2.24) is 4.98 Å². The molecule has 0 aliphatic carbocycles. The van der Waals surface area contributed by atoms with E-state index in [1.165, 1.54) is 37.5 Å². The van der Waals surface area contributed by atoms with Gasteiger partial charge < -0.3 is 9.32 Å². The van der Waals surface area contributed by atoms with Gasteiger partial charge in [-0.25, -0.2) is 4.98 Å². The number of hydrogen-bond donors (Lipinski definition) is 0. The van der Waals surface area contributed by atoms with E-state index in [4.69, 9.17) is 9.40 Å². The predicted octanol–water partition coefficient (Wildman–Crippen LogP) is 15.5. The highest BCUT2D eigenvalue weighted by atomic mass is 32.1. The molecule has 3 nitrogen and oxygen atoms in total. The first kappa shape index (κ1) is 33.1. The fourth-order valence-electron chi connectivity index (χ4n) is 8.15. The SMILES string of the molecule is c1ccc(-c2ccc(N(c3ccc(-c4ccc5ccccc5c4)c(-c4ccccc4)c3)c3c4nc(-c5ccccc5)oc4cc4sc5ccccc5c34)cc2)cc1. The van der Waals surface area contributed by atoms with Crippen LogP contribution in [0.25, 0.3) is 86.9 Å². The average molecular weight is 747 g/mol. The molecule has 0 fully saturated rings. The number of anilines is 3. The van der Waals surface area contributed by atoms with Crippen LogP contribution in [-0.4, -0.2) is 4.98 Å². The molecule has 0 N–H and O–H groups in total. The van der Waals surface area contributed by atoms with E-state index in [1.54, 1.807) is 11.3 Å². The summed E-state index contributed by atoms with van der Waals surface area (Å²) in [5.41, 5.74) is 12.6. The zero-order valence-electron chi connectivity index (χ0n) is 30.8. The Morgan fingerprint density at radius 2 is 1.04 bits per heavy atom. The Morgan fingerprint density at radius 3 is 1.81 bits per heavy atom. The Kier molecular flexibility index (Phi) is 8.01. The molecule has 268 valence electrons. The first-order valence-electron chi connectivity index (χ1n) is 19.2. The lowest BCUT2D eigenvalue weighted by Crippen LogP contribution is -2.11. The van der Waals surface area contributed by atoms with E-state index in [0.29, 0.717) is 5.89 Å². The monoisotopic (exact) mass is 746 g/mol. The van der Waals surface area contributed by atoms with E-state index >= 15 is 0 Å². The number of hydrogen-bond acceptors (Lipinski definition) is 4. The van der Waals surface area contributed by atoms with Crippen LogP contribution in [0.5, 0.6) is 0 Å². The van der Waals surface area contributed by atoms with Crippen LogP contribution >= 0.6 is 11.3 Å². The van der Waals surface area contributed by atoms with Gasteiger partial charge in [-0.2, -0.15) is 0 Å². The van der Waals surface area contributed by atoms with Crippen molar-refractivity contribution >= 4 is 70.4 Å². The van der Waals surface area contributed by atoms with E-state index < -0.39 is 0 Å². The van der Waals surface area contributed by atoms with E-state index in [1.807, 2.05) is 18.2 Å². The van der Waals surface area contributed by atoms with Crippen LogP contribution in [0.4, 0.5) is 17.1 Å². The minimum Gasteiger partial charge on any atom is -0.436 e. The molecule has 0 spiro atoms. The number of aromatic nitrogens is 1. The van der Waals surface area contributed by atoms with Crippen LogP contribution in [-0.2, 0) is 0 Å². The second-order valence-electron chi connectivity index (χ2n) is 14.3. The van der Waals surface area contributed by atoms with E-state index in [2.05, 4.69) is 193 Å². The Morgan fingerprint density at radius 1 is 0.421 bits per heavy atom. The quantitative estimate of drug-likeness (QED) is 0.163. The summed E-state index contributed by atoms with van der Waals surface area (Å²) < 4.78 is 9.04. The summed E-state index contributed by atoms with van der Waals surface area (Å²) in [5, 5.41) is 4.80. The van der Waals surface area contributed by atoms with Gasteiger partial charge in [-0.05, 0) is 92.7 Å². The van der Waals surface area contributed by atoms with Gasteiger partial charge in [0.15, 0.2) is 5.58 Å². The fraction of sp³-hybridized carbons (Fsp3) is 0. The molecule has 0 saturated carbocycles. The molecule has 2 aromatic heterocycles. The lowest BCUT2D eigenvalue weighted by molar-refractivity contribution is 0.620. The second kappa shape index (κ2) is 13.8. The summed E-state index contributed by atoms with van der Waals surface area (Å²) in [7, 11) is 0. The third kappa shape index (κ3) is 5.86. The molecule has 9 aromatic carbocycles. The Hall–Kier alpha value is -7.27. The van der Waals surface area contributed by atoms with E-state index in [0.717, 1.165) is 60.5 Å². The minimum atomic E-state index is 0.602. The lowest BCUT2D eigenvalue weighted by Gasteiger charge is -2.28. The first-order chi connectivity index (χ1) is 28.2. The van der Waals surface area contributed by atoms with Crippen LogP contribution in [0.15, 0.2) is 211 Å². The highest BCUT2D eigenvalue weighted by Crippen LogP contribution is 2.50. The molecule has 0 aliphatic heterocycles. The molecule has 57 heavy (non-hydrogen) atoms. The molecule has 0 saturated heterocycles. The van der Waals surface area contributed by atoms with Crippen molar-refractivity contribution in [2.24, 2.45) is 0 Å². The van der Waals surface area contributed by atoms with Crippen molar-refractivity contribution in [3.05, 3.63) is 206 Å². The highest BCUT2D eigenvalue weighted by molar-refractivity contribution is 7.26. The van der Waals surface area contributed by atoms with Crippen molar-refractivity contribution in [2.45, 2.75) is 0 Å². The number of benzene rings is 9. The smallest absolute Gasteiger partial charge is 0.227 e. The predicted molar refractivity (Wildman–Crippen MR) is 241 cm³/mol. The molecule has 0 aliphatic rings. The van der Waals surface area contributed by atoms with Crippen molar-refractivity contribution in [3.8, 4) is 44.8 Å². The van der Waals surface area contributed by atoms with E-state index in [-0.39, 0.29) is 0 Å². The number of fused-ring (bicyclic) bond motifs is 5. The molecule has 2 heterocycles. The van der Waals surface area contributed by atoms with Crippen molar-refractivity contribution in [2.75, 3.05) is 4.90 Å². The minimum absolute atomic E-state index is 0.602. The maximum absolute atomic E-state index is 6.67. The highest BCUT2D eigenvalue weighted by Gasteiger charge is 2.26. The fourth-order valence-corrected chi connectivity index (χ4v) is 9.28. The Bertz CT molecular complexity index is 3220. The van der Waals surface area contributed by atoms with Crippen LogP contribution in [0.1, 0.15) is 0 Å². The average Bonchev–Trinajstić information content (AvgIpc) is 3.89. The molecular weight excluding hydrogens is 713 g/mol. The first-order valence-corrected chi connectivity index (χ1v) is 20.0. The maximum atomic E-state index is 6.67. The van der Waals surface area contributed by atoms with Crippen LogP contribution in [0.2, 0.25) is 0 Å². The lowest BCUT2D eigenvalue weighted by atomic mass is 9.92. The molecule has 0 unspecified atom stereocenters.